The minimum absolute atomic E-state index is 0.262. The van der Waals surface area contributed by atoms with Crippen molar-refractivity contribution in [3.05, 3.63) is 29.6 Å². The number of benzene rings is 1. The highest BCUT2D eigenvalue weighted by Gasteiger charge is 2.22. The Morgan fingerprint density at radius 1 is 1.40 bits per heavy atom. The zero-order chi connectivity index (χ0) is 14.6. The second-order valence-electron chi connectivity index (χ2n) is 4.76. The van der Waals surface area contributed by atoms with Crippen molar-refractivity contribution in [2.75, 3.05) is 12.3 Å². The van der Waals surface area contributed by atoms with Crippen molar-refractivity contribution in [3.8, 4) is 0 Å². The van der Waals surface area contributed by atoms with Crippen LogP contribution in [0, 0.1) is 5.82 Å². The quantitative estimate of drug-likeness (QED) is 0.870. The lowest BCUT2D eigenvalue weighted by Gasteiger charge is -2.21. The predicted molar refractivity (Wildman–Crippen MR) is 77.6 cm³/mol. The van der Waals surface area contributed by atoms with Crippen LogP contribution in [0.3, 0.4) is 0 Å². The van der Waals surface area contributed by atoms with Crippen LogP contribution in [0.15, 0.2) is 23.1 Å². The lowest BCUT2D eigenvalue weighted by molar-refractivity contribution is 0.281. The zero-order valence-corrected chi connectivity index (χ0v) is 12.6. The van der Waals surface area contributed by atoms with Gasteiger partial charge in [-0.1, -0.05) is 12.5 Å². The first-order valence-corrected chi connectivity index (χ1v) is 9.06. The van der Waals surface area contributed by atoms with Gasteiger partial charge in [-0.3, -0.25) is 0 Å². The highest BCUT2D eigenvalue weighted by Crippen LogP contribution is 2.25. The number of halogens is 1. The molecule has 1 aromatic carbocycles. The molecule has 1 aliphatic rings. The zero-order valence-electron chi connectivity index (χ0n) is 11.0. The standard InChI is InChI=1S/C13H18FNO3S2/c14-12-7-10(9-16)4-5-13(12)20(17,18)15-8-11-3-1-2-6-19-11/h4-5,7,11,15-16H,1-3,6,8-9H2. The van der Waals surface area contributed by atoms with Gasteiger partial charge in [0.05, 0.1) is 6.61 Å². The molecule has 0 radical (unpaired) electrons. The van der Waals surface area contributed by atoms with Gasteiger partial charge in [0.2, 0.25) is 10.0 Å². The van der Waals surface area contributed by atoms with Crippen molar-refractivity contribution >= 4 is 21.8 Å². The molecule has 0 amide bonds. The van der Waals surface area contributed by atoms with Crippen LogP contribution in [0.5, 0.6) is 0 Å². The first-order valence-electron chi connectivity index (χ1n) is 6.53. The third kappa shape index (κ3) is 3.94. The molecule has 7 heteroatoms. The van der Waals surface area contributed by atoms with Crippen molar-refractivity contribution in [3.63, 3.8) is 0 Å². The van der Waals surface area contributed by atoms with E-state index in [1.54, 1.807) is 11.8 Å². The maximum atomic E-state index is 13.8. The predicted octanol–water partition coefficient (Wildman–Crippen LogP) is 1.88. The Hall–Kier alpha value is -0.630. The normalized spacial score (nSPS) is 20.0. The number of hydrogen-bond acceptors (Lipinski definition) is 4. The minimum atomic E-state index is -3.84. The third-order valence-corrected chi connectivity index (χ3v) is 6.10. The lowest BCUT2D eigenvalue weighted by Crippen LogP contribution is -2.32. The number of nitrogens with one attached hydrogen (secondary N) is 1. The van der Waals surface area contributed by atoms with Crippen LogP contribution in [0.4, 0.5) is 4.39 Å². The average molecular weight is 319 g/mol. The molecule has 1 unspecified atom stereocenters. The lowest BCUT2D eigenvalue weighted by atomic mass is 10.2. The molecule has 0 saturated carbocycles. The minimum Gasteiger partial charge on any atom is -0.392 e. The topological polar surface area (TPSA) is 66.4 Å². The molecule has 0 aliphatic carbocycles. The highest BCUT2D eigenvalue weighted by atomic mass is 32.2. The van der Waals surface area contributed by atoms with Gasteiger partial charge < -0.3 is 5.11 Å². The summed E-state index contributed by atoms with van der Waals surface area (Å²) in [4.78, 5) is -0.365. The number of hydrogen-bond donors (Lipinski definition) is 2. The molecule has 0 aromatic heterocycles. The summed E-state index contributed by atoms with van der Waals surface area (Å²) in [6.07, 6.45) is 3.27. The Labute approximate surface area is 122 Å². The van der Waals surface area contributed by atoms with Crippen molar-refractivity contribution in [1.82, 2.24) is 4.72 Å². The van der Waals surface area contributed by atoms with E-state index >= 15 is 0 Å². The van der Waals surface area contributed by atoms with Gasteiger partial charge in [0, 0.05) is 11.8 Å². The molecule has 1 aliphatic heterocycles. The Balaban J connectivity index is 2.05. The summed E-state index contributed by atoms with van der Waals surface area (Å²) in [7, 11) is -3.84. The van der Waals surface area contributed by atoms with Crippen LogP contribution < -0.4 is 4.72 Å². The van der Waals surface area contributed by atoms with Gasteiger partial charge >= 0.3 is 0 Å². The van der Waals surface area contributed by atoms with Gasteiger partial charge in [-0.25, -0.2) is 17.5 Å². The summed E-state index contributed by atoms with van der Waals surface area (Å²) in [5.74, 6) is 0.215. The van der Waals surface area contributed by atoms with E-state index in [-0.39, 0.29) is 16.8 Å². The molecule has 1 fully saturated rings. The molecule has 4 nitrogen and oxygen atoms in total. The van der Waals surface area contributed by atoms with E-state index in [1.807, 2.05) is 0 Å². The SMILES string of the molecule is O=S(=O)(NCC1CCCCS1)c1ccc(CO)cc1F. The Bertz CT molecular complexity index is 557. The average Bonchev–Trinajstić information content (AvgIpc) is 2.46. The second kappa shape index (κ2) is 6.89. The van der Waals surface area contributed by atoms with Crippen LogP contribution >= 0.6 is 11.8 Å². The van der Waals surface area contributed by atoms with E-state index in [9.17, 15) is 12.8 Å². The van der Waals surface area contributed by atoms with Gasteiger partial charge in [-0.05, 0) is 36.3 Å². The van der Waals surface area contributed by atoms with Gasteiger partial charge in [-0.15, -0.1) is 0 Å². The molecule has 1 atom stereocenters. The summed E-state index contributed by atoms with van der Waals surface area (Å²) in [6.45, 7) is 0.0115. The first-order chi connectivity index (χ1) is 9.53. The highest BCUT2D eigenvalue weighted by molar-refractivity contribution is 8.00. The van der Waals surface area contributed by atoms with E-state index in [4.69, 9.17) is 5.11 Å². The molecule has 1 aromatic rings. The Morgan fingerprint density at radius 3 is 2.80 bits per heavy atom. The first kappa shape index (κ1) is 15.8. The summed E-state index contributed by atoms with van der Waals surface area (Å²) in [6, 6.07) is 3.65. The van der Waals surface area contributed by atoms with E-state index in [1.165, 1.54) is 18.6 Å². The number of aliphatic hydroxyl groups is 1. The number of rotatable bonds is 5. The summed E-state index contributed by atoms with van der Waals surface area (Å²) >= 11 is 1.76. The number of aliphatic hydroxyl groups excluding tert-OH is 1. The molecular weight excluding hydrogens is 301 g/mol. The smallest absolute Gasteiger partial charge is 0.243 e. The second-order valence-corrected chi connectivity index (χ2v) is 7.91. The maximum absolute atomic E-state index is 13.8. The van der Waals surface area contributed by atoms with E-state index < -0.39 is 15.8 Å². The van der Waals surface area contributed by atoms with E-state index in [0.29, 0.717) is 12.1 Å². The van der Waals surface area contributed by atoms with Gasteiger partial charge in [0.25, 0.3) is 0 Å². The summed E-state index contributed by atoms with van der Waals surface area (Å²) in [5, 5.41) is 9.16. The van der Waals surface area contributed by atoms with Crippen molar-refractivity contribution in [2.24, 2.45) is 0 Å². The largest absolute Gasteiger partial charge is 0.392 e. The van der Waals surface area contributed by atoms with E-state index in [0.717, 1.165) is 24.7 Å². The van der Waals surface area contributed by atoms with Crippen LogP contribution in [0.2, 0.25) is 0 Å². The fourth-order valence-electron chi connectivity index (χ4n) is 2.11. The molecule has 1 heterocycles. The van der Waals surface area contributed by atoms with Crippen molar-refractivity contribution < 1.29 is 17.9 Å². The molecule has 0 bridgehead atoms. The molecule has 2 rings (SSSR count). The van der Waals surface area contributed by atoms with Crippen LogP contribution in [-0.4, -0.2) is 31.1 Å². The molecule has 0 spiro atoms. The maximum Gasteiger partial charge on any atom is 0.243 e. The van der Waals surface area contributed by atoms with Gasteiger partial charge in [0.1, 0.15) is 10.7 Å². The van der Waals surface area contributed by atoms with Crippen LogP contribution in [0.25, 0.3) is 0 Å². The van der Waals surface area contributed by atoms with Crippen LogP contribution in [0.1, 0.15) is 24.8 Å². The molecule has 2 N–H and O–H groups in total. The molecule has 1 saturated heterocycles. The monoisotopic (exact) mass is 319 g/mol. The Morgan fingerprint density at radius 2 is 2.20 bits per heavy atom. The van der Waals surface area contributed by atoms with Crippen molar-refractivity contribution in [2.45, 2.75) is 36.0 Å². The summed E-state index contributed by atoms with van der Waals surface area (Å²) in [5.41, 5.74) is 0.351. The van der Waals surface area contributed by atoms with Crippen molar-refractivity contribution in [1.29, 1.82) is 0 Å². The molecule has 20 heavy (non-hydrogen) atoms. The van der Waals surface area contributed by atoms with Gasteiger partial charge in [-0.2, -0.15) is 11.8 Å². The fraction of sp³-hybridized carbons (Fsp3) is 0.538. The van der Waals surface area contributed by atoms with E-state index in [2.05, 4.69) is 4.72 Å². The fourth-order valence-corrected chi connectivity index (χ4v) is 4.59. The third-order valence-electron chi connectivity index (χ3n) is 3.24. The van der Waals surface area contributed by atoms with Gasteiger partial charge in [0.15, 0.2) is 0 Å². The van der Waals surface area contributed by atoms with Crippen LogP contribution in [-0.2, 0) is 16.6 Å². The summed E-state index contributed by atoms with van der Waals surface area (Å²) < 4.78 is 40.4. The molecule has 112 valence electrons. The molecular formula is C13H18FNO3S2. The number of thioether (sulfide) groups is 1. The number of sulfonamides is 1. The Kier molecular flexibility index (Phi) is 5.42.